The van der Waals surface area contributed by atoms with Crippen molar-refractivity contribution < 1.29 is 4.74 Å². The van der Waals surface area contributed by atoms with Crippen LogP contribution in [0.15, 0.2) is 27.7 Å². The SMILES string of the molecule is CCOc1ccc(CN=C=S)cc1Br. The molecule has 0 aliphatic rings. The Morgan fingerprint density at radius 3 is 2.93 bits per heavy atom. The quantitative estimate of drug-likeness (QED) is 0.618. The van der Waals surface area contributed by atoms with E-state index in [0.29, 0.717) is 13.2 Å². The molecule has 2 nitrogen and oxygen atoms in total. The van der Waals surface area contributed by atoms with Gasteiger partial charge in [0.1, 0.15) is 5.75 Å². The third kappa shape index (κ3) is 3.22. The third-order valence-corrected chi connectivity index (χ3v) is 2.37. The first-order valence-corrected chi connectivity index (χ1v) is 5.43. The summed E-state index contributed by atoms with van der Waals surface area (Å²) in [5.74, 6) is 0.850. The molecule has 0 radical (unpaired) electrons. The molecule has 1 aromatic rings. The summed E-state index contributed by atoms with van der Waals surface area (Å²) in [6.07, 6.45) is 0. The van der Waals surface area contributed by atoms with Gasteiger partial charge in [-0.25, -0.2) is 4.99 Å². The number of isothiocyanates is 1. The first-order chi connectivity index (χ1) is 6.77. The molecule has 0 N–H and O–H groups in total. The molecule has 4 heteroatoms. The number of ether oxygens (including phenoxy) is 1. The lowest BCUT2D eigenvalue weighted by molar-refractivity contribution is 0.338. The predicted molar refractivity (Wildman–Crippen MR) is 64.0 cm³/mol. The van der Waals surface area contributed by atoms with Gasteiger partial charge in [0.15, 0.2) is 0 Å². The van der Waals surface area contributed by atoms with E-state index in [2.05, 4.69) is 38.3 Å². The normalized spacial score (nSPS) is 9.29. The molecule has 0 atom stereocenters. The second kappa shape index (κ2) is 5.91. The molecule has 0 amide bonds. The van der Waals surface area contributed by atoms with E-state index < -0.39 is 0 Å². The molecule has 0 saturated heterocycles. The molecule has 0 aliphatic carbocycles. The summed E-state index contributed by atoms with van der Waals surface area (Å²) in [4.78, 5) is 3.86. The van der Waals surface area contributed by atoms with E-state index in [0.717, 1.165) is 15.8 Å². The fraction of sp³-hybridized carbons (Fsp3) is 0.300. The zero-order valence-corrected chi connectivity index (χ0v) is 10.2. The van der Waals surface area contributed by atoms with Crippen LogP contribution >= 0.6 is 28.1 Å². The topological polar surface area (TPSA) is 21.6 Å². The molecule has 0 heterocycles. The number of nitrogens with zero attached hydrogens (tertiary/aromatic N) is 1. The Hall–Kier alpha value is -0.700. The molecule has 0 aliphatic heterocycles. The van der Waals surface area contributed by atoms with Crippen LogP contribution in [0.3, 0.4) is 0 Å². The summed E-state index contributed by atoms with van der Waals surface area (Å²) in [6.45, 7) is 3.18. The highest BCUT2D eigenvalue weighted by Gasteiger charge is 2.00. The van der Waals surface area contributed by atoms with Gasteiger partial charge in [0.2, 0.25) is 0 Å². The fourth-order valence-corrected chi connectivity index (χ4v) is 1.64. The van der Waals surface area contributed by atoms with E-state index in [1.165, 1.54) is 0 Å². The van der Waals surface area contributed by atoms with Crippen molar-refractivity contribution in [2.24, 2.45) is 4.99 Å². The molecular formula is C10H10BrNOS. The van der Waals surface area contributed by atoms with Gasteiger partial charge in [0.05, 0.1) is 22.8 Å². The summed E-state index contributed by atoms with van der Waals surface area (Å²) in [5, 5.41) is 2.34. The maximum absolute atomic E-state index is 5.38. The summed E-state index contributed by atoms with van der Waals surface area (Å²) in [7, 11) is 0. The number of hydrogen-bond donors (Lipinski definition) is 0. The van der Waals surface area contributed by atoms with Crippen molar-refractivity contribution in [3.05, 3.63) is 28.2 Å². The van der Waals surface area contributed by atoms with Crippen LogP contribution in [0.1, 0.15) is 12.5 Å². The van der Waals surface area contributed by atoms with Crippen LogP contribution in [0.2, 0.25) is 0 Å². The zero-order chi connectivity index (χ0) is 10.4. The predicted octanol–water partition coefficient (Wildman–Crippen LogP) is 3.45. The van der Waals surface area contributed by atoms with E-state index in [-0.39, 0.29) is 0 Å². The van der Waals surface area contributed by atoms with Crippen LogP contribution in [0, 0.1) is 0 Å². The minimum Gasteiger partial charge on any atom is -0.493 e. The standard InChI is InChI=1S/C10H10BrNOS/c1-2-13-10-4-3-8(5-9(10)11)6-12-7-14/h3-5H,2,6H2,1H3. The molecule has 0 saturated carbocycles. The monoisotopic (exact) mass is 271 g/mol. The zero-order valence-electron chi connectivity index (χ0n) is 7.79. The van der Waals surface area contributed by atoms with Gasteiger partial charge >= 0.3 is 0 Å². The Balaban J connectivity index is 2.82. The number of halogens is 1. The second-order valence-corrected chi connectivity index (χ2v) is 3.64. The van der Waals surface area contributed by atoms with E-state index in [1.54, 1.807) is 0 Å². The number of rotatable bonds is 4. The molecular weight excluding hydrogens is 262 g/mol. The molecule has 0 bridgehead atoms. The summed E-state index contributed by atoms with van der Waals surface area (Å²) >= 11 is 7.93. The Morgan fingerprint density at radius 2 is 2.36 bits per heavy atom. The number of thiocarbonyl (C=S) groups is 1. The average Bonchev–Trinajstić information content (AvgIpc) is 2.19. The second-order valence-electron chi connectivity index (χ2n) is 2.61. The van der Waals surface area contributed by atoms with Crippen molar-refractivity contribution in [3.8, 4) is 5.75 Å². The molecule has 0 fully saturated rings. The molecule has 0 aromatic heterocycles. The van der Waals surface area contributed by atoms with Crippen molar-refractivity contribution in [1.82, 2.24) is 0 Å². The summed E-state index contributed by atoms with van der Waals surface area (Å²) in [5.41, 5.74) is 1.08. The fourth-order valence-electron chi connectivity index (χ4n) is 1.04. The smallest absolute Gasteiger partial charge is 0.133 e. The van der Waals surface area contributed by atoms with Gasteiger partial charge in [-0.3, -0.25) is 0 Å². The van der Waals surface area contributed by atoms with E-state index in [1.807, 2.05) is 25.1 Å². The molecule has 1 rings (SSSR count). The van der Waals surface area contributed by atoms with Crippen LogP contribution in [0.25, 0.3) is 0 Å². The molecule has 0 unspecified atom stereocenters. The molecule has 1 aromatic carbocycles. The lowest BCUT2D eigenvalue weighted by Crippen LogP contribution is -1.93. The lowest BCUT2D eigenvalue weighted by atomic mass is 10.2. The minimum atomic E-state index is 0.564. The van der Waals surface area contributed by atoms with Crippen molar-refractivity contribution in [3.63, 3.8) is 0 Å². The molecule has 14 heavy (non-hydrogen) atoms. The van der Waals surface area contributed by atoms with Crippen LogP contribution in [0.5, 0.6) is 5.75 Å². The maximum Gasteiger partial charge on any atom is 0.133 e. The van der Waals surface area contributed by atoms with Crippen molar-refractivity contribution in [1.29, 1.82) is 0 Å². The first-order valence-electron chi connectivity index (χ1n) is 4.22. The third-order valence-electron chi connectivity index (χ3n) is 1.62. The number of hydrogen-bond acceptors (Lipinski definition) is 3. The van der Waals surface area contributed by atoms with Gasteiger partial charge in [0, 0.05) is 0 Å². The van der Waals surface area contributed by atoms with Crippen LogP contribution in [-0.4, -0.2) is 11.8 Å². The van der Waals surface area contributed by atoms with Gasteiger partial charge in [-0.2, -0.15) is 0 Å². The van der Waals surface area contributed by atoms with Crippen LogP contribution in [-0.2, 0) is 6.54 Å². The van der Waals surface area contributed by atoms with Gasteiger partial charge in [-0.05, 0) is 52.8 Å². The Labute approximate surface area is 97.1 Å². The Morgan fingerprint density at radius 1 is 1.57 bits per heavy atom. The van der Waals surface area contributed by atoms with Gasteiger partial charge in [-0.1, -0.05) is 6.07 Å². The highest BCUT2D eigenvalue weighted by atomic mass is 79.9. The maximum atomic E-state index is 5.38. The van der Waals surface area contributed by atoms with Gasteiger partial charge in [-0.15, -0.1) is 0 Å². The largest absolute Gasteiger partial charge is 0.493 e. The van der Waals surface area contributed by atoms with E-state index >= 15 is 0 Å². The van der Waals surface area contributed by atoms with Gasteiger partial charge < -0.3 is 4.74 Å². The highest BCUT2D eigenvalue weighted by molar-refractivity contribution is 9.10. The molecule has 0 spiro atoms. The van der Waals surface area contributed by atoms with Crippen LogP contribution < -0.4 is 4.74 Å². The number of benzene rings is 1. The summed E-state index contributed by atoms with van der Waals surface area (Å²) < 4.78 is 6.32. The Kier molecular flexibility index (Phi) is 4.80. The number of aliphatic imine (C=N–C) groups is 1. The average molecular weight is 272 g/mol. The van der Waals surface area contributed by atoms with Crippen molar-refractivity contribution in [2.75, 3.05) is 6.61 Å². The van der Waals surface area contributed by atoms with E-state index in [4.69, 9.17) is 4.74 Å². The van der Waals surface area contributed by atoms with Gasteiger partial charge in [0.25, 0.3) is 0 Å². The Bertz CT molecular complexity index is 361. The van der Waals surface area contributed by atoms with Crippen molar-refractivity contribution in [2.45, 2.75) is 13.5 Å². The lowest BCUT2D eigenvalue weighted by Gasteiger charge is -2.06. The minimum absolute atomic E-state index is 0.564. The van der Waals surface area contributed by atoms with E-state index in [9.17, 15) is 0 Å². The molecule has 74 valence electrons. The van der Waals surface area contributed by atoms with Crippen LogP contribution in [0.4, 0.5) is 0 Å². The first kappa shape index (κ1) is 11.4. The highest BCUT2D eigenvalue weighted by Crippen LogP contribution is 2.26. The summed E-state index contributed by atoms with van der Waals surface area (Å²) in [6, 6.07) is 5.86. The van der Waals surface area contributed by atoms with Crippen molar-refractivity contribution >= 4 is 33.3 Å².